The van der Waals surface area contributed by atoms with E-state index in [2.05, 4.69) is 10.6 Å². The van der Waals surface area contributed by atoms with E-state index in [4.69, 9.17) is 16.3 Å². The Morgan fingerprint density at radius 3 is 2.63 bits per heavy atom. The minimum Gasteiger partial charge on any atom is -0.464 e. The number of hydrogen-bond donors (Lipinski definition) is 2. The van der Waals surface area contributed by atoms with Gasteiger partial charge in [0.15, 0.2) is 0 Å². The Morgan fingerprint density at radius 2 is 1.93 bits per heavy atom. The summed E-state index contributed by atoms with van der Waals surface area (Å²) in [5, 5.41) is 5.95. The standard InChI is InChI=1S/C20H23ClN2O3S/c1-3-26-19(24)18(13-27-12-15-7-5-4-6-8-15)23-20(25)22-17-11-16(21)10-9-14(17)2/h4-11,18H,3,12-13H2,1-2H3,(H2,22,23,25). The van der Waals surface area contributed by atoms with Crippen LogP contribution in [0.1, 0.15) is 18.1 Å². The normalized spacial score (nSPS) is 11.5. The van der Waals surface area contributed by atoms with Crippen molar-refractivity contribution >= 4 is 41.1 Å². The van der Waals surface area contributed by atoms with Gasteiger partial charge in [0, 0.05) is 22.2 Å². The van der Waals surface area contributed by atoms with Crippen molar-refractivity contribution in [1.29, 1.82) is 0 Å². The number of carbonyl (C=O) groups excluding carboxylic acids is 2. The maximum absolute atomic E-state index is 12.3. The molecule has 144 valence electrons. The fraction of sp³-hybridized carbons (Fsp3) is 0.300. The van der Waals surface area contributed by atoms with E-state index in [-0.39, 0.29) is 6.61 Å². The first-order valence-corrected chi connectivity index (χ1v) is 10.1. The van der Waals surface area contributed by atoms with Gasteiger partial charge in [-0.05, 0) is 37.1 Å². The van der Waals surface area contributed by atoms with Crippen molar-refractivity contribution in [3.63, 3.8) is 0 Å². The average molecular weight is 407 g/mol. The van der Waals surface area contributed by atoms with E-state index in [1.807, 2.05) is 43.3 Å². The first-order chi connectivity index (χ1) is 13.0. The molecular formula is C20H23ClN2O3S. The van der Waals surface area contributed by atoms with Crippen molar-refractivity contribution in [2.75, 3.05) is 17.7 Å². The monoisotopic (exact) mass is 406 g/mol. The molecular weight excluding hydrogens is 384 g/mol. The molecule has 2 aromatic rings. The summed E-state index contributed by atoms with van der Waals surface area (Å²) in [6, 6.07) is 14.0. The number of nitrogens with one attached hydrogen (secondary N) is 2. The summed E-state index contributed by atoms with van der Waals surface area (Å²) in [5.41, 5.74) is 2.63. The van der Waals surface area contributed by atoms with Crippen molar-refractivity contribution in [1.82, 2.24) is 5.32 Å². The molecule has 5 nitrogen and oxygen atoms in total. The van der Waals surface area contributed by atoms with Gasteiger partial charge in [0.05, 0.1) is 6.61 Å². The number of anilines is 1. The van der Waals surface area contributed by atoms with E-state index in [0.717, 1.165) is 16.9 Å². The summed E-state index contributed by atoms with van der Waals surface area (Å²) < 4.78 is 5.08. The highest BCUT2D eigenvalue weighted by molar-refractivity contribution is 7.98. The van der Waals surface area contributed by atoms with Gasteiger partial charge in [0.25, 0.3) is 0 Å². The third kappa shape index (κ3) is 7.15. The Bertz CT molecular complexity index is 771. The topological polar surface area (TPSA) is 67.4 Å². The maximum Gasteiger partial charge on any atom is 0.329 e. The Morgan fingerprint density at radius 1 is 1.19 bits per heavy atom. The Hall–Kier alpha value is -2.18. The number of thioether (sulfide) groups is 1. The highest BCUT2D eigenvalue weighted by Gasteiger charge is 2.22. The highest BCUT2D eigenvalue weighted by Crippen LogP contribution is 2.20. The molecule has 2 N–H and O–H groups in total. The van der Waals surface area contributed by atoms with Gasteiger partial charge in [-0.3, -0.25) is 0 Å². The number of ether oxygens (including phenoxy) is 1. The molecule has 0 bridgehead atoms. The molecule has 0 heterocycles. The van der Waals surface area contributed by atoms with E-state index in [1.54, 1.807) is 30.8 Å². The molecule has 2 aromatic carbocycles. The quantitative estimate of drug-likeness (QED) is 0.627. The molecule has 0 aromatic heterocycles. The molecule has 1 atom stereocenters. The van der Waals surface area contributed by atoms with Crippen molar-refractivity contribution in [2.24, 2.45) is 0 Å². The van der Waals surface area contributed by atoms with Crippen LogP contribution in [0.25, 0.3) is 0 Å². The summed E-state index contributed by atoms with van der Waals surface area (Å²) in [5.74, 6) is 0.708. The van der Waals surface area contributed by atoms with Crippen molar-refractivity contribution in [3.05, 3.63) is 64.7 Å². The molecule has 2 rings (SSSR count). The Kier molecular flexibility index (Phi) is 8.48. The average Bonchev–Trinajstić information content (AvgIpc) is 2.65. The zero-order valence-electron chi connectivity index (χ0n) is 15.3. The van der Waals surface area contributed by atoms with Gasteiger partial charge in [0.1, 0.15) is 6.04 Å². The molecule has 27 heavy (non-hydrogen) atoms. The third-order valence-electron chi connectivity index (χ3n) is 3.72. The predicted molar refractivity (Wildman–Crippen MR) is 111 cm³/mol. The number of urea groups is 1. The molecule has 0 radical (unpaired) electrons. The molecule has 0 saturated heterocycles. The second-order valence-corrected chi connectivity index (χ2v) is 7.33. The smallest absolute Gasteiger partial charge is 0.329 e. The van der Waals surface area contributed by atoms with Gasteiger partial charge in [-0.15, -0.1) is 0 Å². The van der Waals surface area contributed by atoms with Gasteiger partial charge in [-0.25, -0.2) is 9.59 Å². The van der Waals surface area contributed by atoms with Gasteiger partial charge >= 0.3 is 12.0 Å². The third-order valence-corrected chi connectivity index (χ3v) is 5.06. The molecule has 0 aliphatic rings. The number of benzene rings is 2. The van der Waals surface area contributed by atoms with E-state index in [0.29, 0.717) is 16.5 Å². The molecule has 0 saturated carbocycles. The summed E-state index contributed by atoms with van der Waals surface area (Å²) >= 11 is 7.53. The van der Waals surface area contributed by atoms with Crippen LogP contribution in [0.4, 0.5) is 10.5 Å². The number of aryl methyl sites for hydroxylation is 1. The highest BCUT2D eigenvalue weighted by atomic mass is 35.5. The Labute approximate surface area is 168 Å². The zero-order valence-corrected chi connectivity index (χ0v) is 16.9. The largest absolute Gasteiger partial charge is 0.464 e. The van der Waals surface area contributed by atoms with E-state index in [9.17, 15) is 9.59 Å². The summed E-state index contributed by atoms with van der Waals surface area (Å²) in [6.45, 7) is 3.86. The molecule has 0 aliphatic carbocycles. The number of rotatable bonds is 8. The van der Waals surface area contributed by atoms with Gasteiger partial charge in [0.2, 0.25) is 0 Å². The Balaban J connectivity index is 1.95. The predicted octanol–water partition coefficient (Wildman–Crippen LogP) is 4.64. The summed E-state index contributed by atoms with van der Waals surface area (Å²) in [7, 11) is 0. The minimum atomic E-state index is -0.738. The van der Waals surface area contributed by atoms with E-state index in [1.165, 1.54) is 0 Å². The lowest BCUT2D eigenvalue weighted by Crippen LogP contribution is -2.45. The lowest BCUT2D eigenvalue weighted by Gasteiger charge is -2.18. The van der Waals surface area contributed by atoms with Crippen molar-refractivity contribution in [3.8, 4) is 0 Å². The van der Waals surface area contributed by atoms with E-state index >= 15 is 0 Å². The lowest BCUT2D eigenvalue weighted by atomic mass is 10.2. The molecule has 0 aliphatic heterocycles. The van der Waals surface area contributed by atoms with Crippen LogP contribution in [0.5, 0.6) is 0 Å². The SMILES string of the molecule is CCOC(=O)C(CSCc1ccccc1)NC(=O)Nc1cc(Cl)ccc1C. The van der Waals surface area contributed by atoms with Crippen LogP contribution in [-0.4, -0.2) is 30.4 Å². The number of amides is 2. The minimum absolute atomic E-state index is 0.259. The number of esters is 1. The first-order valence-electron chi connectivity index (χ1n) is 8.61. The van der Waals surface area contributed by atoms with Crippen LogP contribution in [0, 0.1) is 6.92 Å². The lowest BCUT2D eigenvalue weighted by molar-refractivity contribution is -0.144. The van der Waals surface area contributed by atoms with Crippen molar-refractivity contribution < 1.29 is 14.3 Å². The number of halogens is 1. The fourth-order valence-corrected chi connectivity index (χ4v) is 3.50. The fourth-order valence-electron chi connectivity index (χ4n) is 2.33. The van der Waals surface area contributed by atoms with E-state index < -0.39 is 18.0 Å². The molecule has 0 fully saturated rings. The van der Waals surface area contributed by atoms with Gasteiger partial charge in [-0.1, -0.05) is 48.0 Å². The second-order valence-electron chi connectivity index (χ2n) is 5.86. The van der Waals surface area contributed by atoms with Crippen LogP contribution in [0.3, 0.4) is 0 Å². The van der Waals surface area contributed by atoms with Crippen LogP contribution in [0.15, 0.2) is 48.5 Å². The second kappa shape index (κ2) is 10.8. The number of carbonyl (C=O) groups is 2. The van der Waals surface area contributed by atoms with Crippen LogP contribution in [-0.2, 0) is 15.3 Å². The molecule has 0 spiro atoms. The maximum atomic E-state index is 12.3. The van der Waals surface area contributed by atoms with Crippen LogP contribution < -0.4 is 10.6 Å². The first kappa shape index (κ1) is 21.1. The van der Waals surface area contributed by atoms with Crippen LogP contribution in [0.2, 0.25) is 5.02 Å². The summed E-state index contributed by atoms with van der Waals surface area (Å²) in [6.07, 6.45) is 0. The van der Waals surface area contributed by atoms with Gasteiger partial charge in [-0.2, -0.15) is 11.8 Å². The zero-order chi connectivity index (χ0) is 19.6. The van der Waals surface area contributed by atoms with Crippen molar-refractivity contribution in [2.45, 2.75) is 25.6 Å². The van der Waals surface area contributed by atoms with Gasteiger partial charge < -0.3 is 15.4 Å². The molecule has 1 unspecified atom stereocenters. The van der Waals surface area contributed by atoms with Crippen LogP contribution >= 0.6 is 23.4 Å². The number of hydrogen-bond acceptors (Lipinski definition) is 4. The summed E-state index contributed by atoms with van der Waals surface area (Å²) in [4.78, 5) is 24.5. The molecule has 7 heteroatoms. The molecule has 2 amide bonds.